The van der Waals surface area contributed by atoms with Crippen LogP contribution in [0.1, 0.15) is 46.3 Å². The molecule has 0 saturated heterocycles. The van der Waals surface area contributed by atoms with E-state index >= 15 is 0 Å². The Morgan fingerprint density at radius 3 is 2.60 bits per heavy atom. The highest BCUT2D eigenvalue weighted by Gasteiger charge is 2.22. The molecule has 0 atom stereocenters. The van der Waals surface area contributed by atoms with Crippen LogP contribution in [-0.4, -0.2) is 40.1 Å². The summed E-state index contributed by atoms with van der Waals surface area (Å²) in [7, 11) is 0. The molecule has 1 aromatic heterocycles. The number of carbonyl (C=O) groups is 1. The molecule has 7 heteroatoms. The summed E-state index contributed by atoms with van der Waals surface area (Å²) in [5, 5.41) is 6.72. The fourth-order valence-electron chi connectivity index (χ4n) is 1.62. The third kappa shape index (κ3) is 5.26. The highest BCUT2D eigenvalue weighted by molar-refractivity contribution is 5.78. The van der Waals surface area contributed by atoms with E-state index in [-0.39, 0.29) is 11.9 Å². The van der Waals surface area contributed by atoms with Gasteiger partial charge in [-0.1, -0.05) is 12.1 Å². The molecule has 0 aromatic carbocycles. The van der Waals surface area contributed by atoms with Crippen molar-refractivity contribution in [3.63, 3.8) is 0 Å². The first kappa shape index (κ1) is 16.6. The van der Waals surface area contributed by atoms with E-state index in [0.29, 0.717) is 24.8 Å². The fraction of sp³-hybridized carbons (Fsp3) is 0.769. The van der Waals surface area contributed by atoms with Gasteiger partial charge in [-0.2, -0.15) is 4.98 Å². The second kappa shape index (κ2) is 6.81. The number of nitrogens with two attached hydrogens (primary N) is 1. The van der Waals surface area contributed by atoms with Gasteiger partial charge in [0.05, 0.1) is 18.6 Å². The molecule has 1 heterocycles. The van der Waals surface area contributed by atoms with Crippen LogP contribution >= 0.6 is 0 Å². The molecule has 0 bridgehead atoms. The van der Waals surface area contributed by atoms with Crippen molar-refractivity contribution < 1.29 is 9.32 Å². The fourth-order valence-corrected chi connectivity index (χ4v) is 1.62. The number of aromatic nitrogens is 2. The zero-order valence-corrected chi connectivity index (χ0v) is 12.9. The molecule has 0 saturated carbocycles. The van der Waals surface area contributed by atoms with E-state index in [2.05, 4.69) is 15.5 Å². The summed E-state index contributed by atoms with van der Waals surface area (Å²) in [4.78, 5) is 17.9. The molecule has 0 spiro atoms. The normalized spacial score (nSPS) is 12.2. The molecule has 3 N–H and O–H groups in total. The van der Waals surface area contributed by atoms with Crippen LogP contribution in [0.4, 0.5) is 0 Å². The first-order valence-electron chi connectivity index (χ1n) is 6.86. The third-order valence-electron chi connectivity index (χ3n) is 2.67. The average Bonchev–Trinajstić information content (AvgIpc) is 2.75. The van der Waals surface area contributed by atoms with Crippen LogP contribution in [0.5, 0.6) is 0 Å². The molecule has 0 radical (unpaired) electrons. The van der Waals surface area contributed by atoms with Crippen LogP contribution in [0.15, 0.2) is 4.52 Å². The first-order chi connectivity index (χ1) is 9.22. The van der Waals surface area contributed by atoms with Gasteiger partial charge in [-0.25, -0.2) is 0 Å². The number of hydrogen-bond donors (Lipinski definition) is 2. The van der Waals surface area contributed by atoms with Crippen LogP contribution in [0.2, 0.25) is 0 Å². The molecule has 114 valence electrons. The standard InChI is InChI=1S/C13H25N5O2/c1-6-18(7-10(19)15-9(2)3)8-11-16-12(17-20-11)13(4,5)14/h9H,6-8,14H2,1-5H3,(H,15,19). The lowest BCUT2D eigenvalue weighted by atomic mass is 10.1. The summed E-state index contributed by atoms with van der Waals surface area (Å²) in [6.45, 7) is 10.9. The summed E-state index contributed by atoms with van der Waals surface area (Å²) in [5.74, 6) is 0.925. The van der Waals surface area contributed by atoms with E-state index in [1.165, 1.54) is 0 Å². The summed E-state index contributed by atoms with van der Waals surface area (Å²) < 4.78 is 5.17. The maximum atomic E-state index is 11.7. The number of carbonyl (C=O) groups excluding carboxylic acids is 1. The van der Waals surface area contributed by atoms with Crippen molar-refractivity contribution >= 4 is 5.91 Å². The van der Waals surface area contributed by atoms with Gasteiger partial charge in [0.25, 0.3) is 0 Å². The minimum absolute atomic E-state index is 0.0132. The molecule has 1 rings (SSSR count). The highest BCUT2D eigenvalue weighted by atomic mass is 16.5. The lowest BCUT2D eigenvalue weighted by molar-refractivity contribution is -0.122. The SMILES string of the molecule is CCN(CC(=O)NC(C)C)Cc1nc(C(C)(C)N)no1. The molecular formula is C13H25N5O2. The molecule has 0 aliphatic rings. The van der Waals surface area contributed by atoms with Crippen LogP contribution in [0.3, 0.4) is 0 Å². The molecule has 0 unspecified atom stereocenters. The van der Waals surface area contributed by atoms with Gasteiger partial charge in [-0.15, -0.1) is 0 Å². The van der Waals surface area contributed by atoms with E-state index in [1.807, 2.05) is 39.5 Å². The van der Waals surface area contributed by atoms with Crippen LogP contribution in [0.25, 0.3) is 0 Å². The molecule has 1 amide bonds. The van der Waals surface area contributed by atoms with Crippen molar-refractivity contribution in [2.45, 2.75) is 52.7 Å². The zero-order valence-electron chi connectivity index (χ0n) is 12.9. The topological polar surface area (TPSA) is 97.3 Å². The molecular weight excluding hydrogens is 258 g/mol. The second-order valence-electron chi connectivity index (χ2n) is 5.76. The summed E-state index contributed by atoms with van der Waals surface area (Å²) >= 11 is 0. The Labute approximate surface area is 119 Å². The average molecular weight is 283 g/mol. The van der Waals surface area contributed by atoms with Crippen molar-refractivity contribution in [3.05, 3.63) is 11.7 Å². The minimum atomic E-state index is -0.631. The minimum Gasteiger partial charge on any atom is -0.353 e. The van der Waals surface area contributed by atoms with Crippen molar-refractivity contribution in [1.82, 2.24) is 20.4 Å². The first-order valence-corrected chi connectivity index (χ1v) is 6.86. The quantitative estimate of drug-likeness (QED) is 0.761. The molecule has 1 aromatic rings. The summed E-state index contributed by atoms with van der Waals surface area (Å²) in [5.41, 5.74) is 5.28. The number of likely N-dealkylation sites (N-methyl/N-ethyl adjacent to an activating group) is 1. The monoisotopic (exact) mass is 283 g/mol. The van der Waals surface area contributed by atoms with E-state index in [0.717, 1.165) is 6.54 Å². The number of nitrogens with zero attached hydrogens (tertiary/aromatic N) is 3. The van der Waals surface area contributed by atoms with E-state index in [4.69, 9.17) is 10.3 Å². The van der Waals surface area contributed by atoms with Gasteiger partial charge in [0.15, 0.2) is 5.82 Å². The maximum absolute atomic E-state index is 11.7. The van der Waals surface area contributed by atoms with Crippen LogP contribution < -0.4 is 11.1 Å². The largest absolute Gasteiger partial charge is 0.353 e. The number of nitrogens with one attached hydrogen (secondary N) is 1. The van der Waals surface area contributed by atoms with E-state index < -0.39 is 5.54 Å². The summed E-state index contributed by atoms with van der Waals surface area (Å²) in [6, 6.07) is 0.134. The molecule has 7 nitrogen and oxygen atoms in total. The Hall–Kier alpha value is -1.47. The highest BCUT2D eigenvalue weighted by Crippen LogP contribution is 2.13. The zero-order chi connectivity index (χ0) is 15.3. The molecule has 20 heavy (non-hydrogen) atoms. The lowest BCUT2D eigenvalue weighted by Crippen LogP contribution is -2.39. The number of hydrogen-bond acceptors (Lipinski definition) is 6. The van der Waals surface area contributed by atoms with Crippen molar-refractivity contribution in [2.75, 3.05) is 13.1 Å². The molecule has 0 fully saturated rings. The Morgan fingerprint density at radius 2 is 2.15 bits per heavy atom. The van der Waals surface area contributed by atoms with Gasteiger partial charge < -0.3 is 15.6 Å². The van der Waals surface area contributed by atoms with E-state index in [1.54, 1.807) is 0 Å². The molecule has 0 aliphatic carbocycles. The van der Waals surface area contributed by atoms with Crippen LogP contribution in [-0.2, 0) is 16.9 Å². The van der Waals surface area contributed by atoms with Crippen molar-refractivity contribution in [2.24, 2.45) is 5.73 Å². The third-order valence-corrected chi connectivity index (χ3v) is 2.67. The lowest BCUT2D eigenvalue weighted by Gasteiger charge is -2.18. The Balaban J connectivity index is 2.60. The van der Waals surface area contributed by atoms with Crippen molar-refractivity contribution in [3.8, 4) is 0 Å². The van der Waals surface area contributed by atoms with Gasteiger partial charge in [0.1, 0.15) is 0 Å². The number of amides is 1. The number of rotatable bonds is 7. The van der Waals surface area contributed by atoms with Crippen LogP contribution in [0, 0.1) is 0 Å². The molecule has 0 aliphatic heterocycles. The smallest absolute Gasteiger partial charge is 0.240 e. The van der Waals surface area contributed by atoms with Crippen molar-refractivity contribution in [1.29, 1.82) is 0 Å². The Morgan fingerprint density at radius 1 is 1.50 bits per heavy atom. The predicted octanol–water partition coefficient (Wildman–Crippen LogP) is 0.610. The van der Waals surface area contributed by atoms with Gasteiger partial charge >= 0.3 is 0 Å². The summed E-state index contributed by atoms with van der Waals surface area (Å²) in [6.07, 6.45) is 0. The van der Waals surface area contributed by atoms with Gasteiger partial charge in [0.2, 0.25) is 11.8 Å². The Bertz CT molecular complexity index is 436. The predicted molar refractivity (Wildman–Crippen MR) is 75.7 cm³/mol. The van der Waals surface area contributed by atoms with E-state index in [9.17, 15) is 4.79 Å². The van der Waals surface area contributed by atoms with Gasteiger partial charge in [-0.05, 0) is 34.2 Å². The second-order valence-corrected chi connectivity index (χ2v) is 5.76. The van der Waals surface area contributed by atoms with Gasteiger partial charge in [-0.3, -0.25) is 9.69 Å². The Kier molecular flexibility index (Phi) is 5.64. The maximum Gasteiger partial charge on any atom is 0.240 e. The van der Waals surface area contributed by atoms with Gasteiger partial charge in [0, 0.05) is 6.04 Å².